The van der Waals surface area contributed by atoms with Crippen molar-refractivity contribution in [2.24, 2.45) is 0 Å². The average molecular weight is 403 g/mol. The van der Waals surface area contributed by atoms with Crippen LogP contribution in [0.15, 0.2) is 59.3 Å². The summed E-state index contributed by atoms with van der Waals surface area (Å²) < 4.78 is 0. The van der Waals surface area contributed by atoms with Crippen molar-refractivity contribution in [3.8, 4) is 11.1 Å². The monoisotopic (exact) mass is 402 g/mol. The highest BCUT2D eigenvalue weighted by Gasteiger charge is 2.31. The fraction of sp³-hybridized carbons (Fsp3) is 0.250. The largest absolute Gasteiger partial charge is 0.337 e. The predicted molar refractivity (Wildman–Crippen MR) is 115 cm³/mol. The van der Waals surface area contributed by atoms with Gasteiger partial charge in [0.15, 0.2) is 5.78 Å². The van der Waals surface area contributed by atoms with Crippen LogP contribution >= 0.6 is 11.3 Å². The second-order valence-corrected chi connectivity index (χ2v) is 8.44. The van der Waals surface area contributed by atoms with E-state index in [2.05, 4.69) is 21.7 Å². The van der Waals surface area contributed by atoms with Gasteiger partial charge in [0.25, 0.3) is 5.91 Å². The first-order valence-corrected chi connectivity index (χ1v) is 11.0. The molecular weight excluding hydrogens is 380 g/mol. The Kier molecular flexibility index (Phi) is 4.78. The van der Waals surface area contributed by atoms with Crippen LogP contribution in [0.25, 0.3) is 11.1 Å². The Morgan fingerprint density at radius 2 is 1.72 bits per heavy atom. The average Bonchev–Trinajstić information content (AvgIpc) is 3.28. The Hall–Kier alpha value is -2.76. The molecule has 2 aliphatic rings. The van der Waals surface area contributed by atoms with Crippen molar-refractivity contribution in [2.45, 2.75) is 13.0 Å². The van der Waals surface area contributed by atoms with Crippen molar-refractivity contribution in [3.63, 3.8) is 0 Å². The number of carbonyl (C=O) groups is 2. The van der Waals surface area contributed by atoms with Crippen molar-refractivity contribution in [1.29, 1.82) is 0 Å². The van der Waals surface area contributed by atoms with Crippen molar-refractivity contribution in [2.75, 3.05) is 26.2 Å². The number of carbonyl (C=O) groups excluding carboxylic acids is 2. The van der Waals surface area contributed by atoms with E-state index in [9.17, 15) is 9.59 Å². The standard InChI is InChI=1S/C24H22N2O2S/c27-23-19-6-2-1-5-18(19)22-20(23)7-3-8-21(22)24(28)26-11-4-10-25(12-13-26)15-17-9-14-29-16-17/h1-3,5-9,14,16H,4,10-13,15H2. The lowest BCUT2D eigenvalue weighted by Gasteiger charge is -2.23. The van der Waals surface area contributed by atoms with Gasteiger partial charge in [0, 0.05) is 55.0 Å². The summed E-state index contributed by atoms with van der Waals surface area (Å²) in [6.07, 6.45) is 0.959. The van der Waals surface area contributed by atoms with Crippen LogP contribution in [0.4, 0.5) is 0 Å². The first-order valence-electron chi connectivity index (χ1n) is 10.0. The lowest BCUT2D eigenvalue weighted by atomic mass is 9.98. The van der Waals surface area contributed by atoms with E-state index in [0.717, 1.165) is 43.7 Å². The fourth-order valence-corrected chi connectivity index (χ4v) is 5.06. The van der Waals surface area contributed by atoms with Gasteiger partial charge in [0.05, 0.1) is 0 Å². The molecule has 1 saturated heterocycles. The van der Waals surface area contributed by atoms with Crippen LogP contribution in [-0.4, -0.2) is 47.7 Å². The minimum atomic E-state index is 0.0167. The molecule has 0 unspecified atom stereocenters. The molecule has 146 valence electrons. The Morgan fingerprint density at radius 1 is 0.897 bits per heavy atom. The molecule has 3 aromatic rings. The molecule has 0 spiro atoms. The highest BCUT2D eigenvalue weighted by molar-refractivity contribution is 7.07. The molecule has 5 heteroatoms. The van der Waals surface area contributed by atoms with Crippen LogP contribution in [0.3, 0.4) is 0 Å². The third-order valence-corrected chi connectivity index (χ3v) is 6.57. The smallest absolute Gasteiger partial charge is 0.254 e. The molecule has 1 fully saturated rings. The molecule has 29 heavy (non-hydrogen) atoms. The van der Waals surface area contributed by atoms with Gasteiger partial charge in [-0.3, -0.25) is 14.5 Å². The Labute approximate surface area is 174 Å². The molecular formula is C24H22N2O2S. The maximum absolute atomic E-state index is 13.5. The van der Waals surface area contributed by atoms with Gasteiger partial charge in [-0.1, -0.05) is 36.4 Å². The van der Waals surface area contributed by atoms with E-state index < -0.39 is 0 Å². The van der Waals surface area contributed by atoms with Crippen LogP contribution in [0.2, 0.25) is 0 Å². The summed E-state index contributed by atoms with van der Waals surface area (Å²) in [6.45, 7) is 4.26. The number of ketones is 1. The first-order chi connectivity index (χ1) is 14.2. The molecule has 2 aromatic carbocycles. The molecule has 0 bridgehead atoms. The summed E-state index contributed by atoms with van der Waals surface area (Å²) in [4.78, 5) is 30.6. The molecule has 0 atom stereocenters. The molecule has 1 amide bonds. The second-order valence-electron chi connectivity index (χ2n) is 7.66. The third-order valence-electron chi connectivity index (χ3n) is 5.84. The van der Waals surface area contributed by atoms with Crippen LogP contribution in [0, 0.1) is 0 Å². The Morgan fingerprint density at radius 3 is 2.55 bits per heavy atom. The van der Waals surface area contributed by atoms with Gasteiger partial charge < -0.3 is 4.90 Å². The topological polar surface area (TPSA) is 40.6 Å². The molecule has 1 aliphatic carbocycles. The van der Waals surface area contributed by atoms with Gasteiger partial charge in [-0.15, -0.1) is 0 Å². The molecule has 4 nitrogen and oxygen atoms in total. The van der Waals surface area contributed by atoms with E-state index in [-0.39, 0.29) is 11.7 Å². The minimum absolute atomic E-state index is 0.0167. The molecule has 0 radical (unpaired) electrons. The number of nitrogens with zero attached hydrogens (tertiary/aromatic N) is 2. The maximum Gasteiger partial charge on any atom is 0.254 e. The van der Waals surface area contributed by atoms with Crippen molar-refractivity contribution in [3.05, 3.63) is 81.5 Å². The fourth-order valence-electron chi connectivity index (χ4n) is 4.40. The lowest BCUT2D eigenvalue weighted by Crippen LogP contribution is -2.35. The molecule has 2 heterocycles. The van der Waals surface area contributed by atoms with Gasteiger partial charge >= 0.3 is 0 Å². The van der Waals surface area contributed by atoms with Crippen LogP contribution in [0.1, 0.15) is 38.3 Å². The van der Waals surface area contributed by atoms with Gasteiger partial charge in [-0.05, 0) is 40.4 Å². The van der Waals surface area contributed by atoms with E-state index >= 15 is 0 Å². The number of fused-ring (bicyclic) bond motifs is 3. The van der Waals surface area contributed by atoms with Gasteiger partial charge in [0.1, 0.15) is 0 Å². The van der Waals surface area contributed by atoms with Crippen molar-refractivity contribution < 1.29 is 9.59 Å². The van der Waals surface area contributed by atoms with Gasteiger partial charge in [-0.2, -0.15) is 11.3 Å². The highest BCUT2D eigenvalue weighted by Crippen LogP contribution is 2.39. The Bertz CT molecular complexity index is 1070. The van der Waals surface area contributed by atoms with Crippen LogP contribution < -0.4 is 0 Å². The highest BCUT2D eigenvalue weighted by atomic mass is 32.1. The number of benzene rings is 2. The summed E-state index contributed by atoms with van der Waals surface area (Å²) >= 11 is 1.72. The number of hydrogen-bond donors (Lipinski definition) is 0. The van der Waals surface area contributed by atoms with E-state index in [4.69, 9.17) is 0 Å². The van der Waals surface area contributed by atoms with E-state index in [0.29, 0.717) is 23.2 Å². The number of thiophene rings is 1. The summed E-state index contributed by atoms with van der Waals surface area (Å²) in [5, 5.41) is 4.30. The second kappa shape index (κ2) is 7.58. The summed E-state index contributed by atoms with van der Waals surface area (Å²) in [5.41, 5.74) is 5.01. The molecule has 5 rings (SSSR count). The number of hydrogen-bond acceptors (Lipinski definition) is 4. The van der Waals surface area contributed by atoms with Crippen molar-refractivity contribution in [1.82, 2.24) is 9.80 Å². The van der Waals surface area contributed by atoms with Crippen LogP contribution in [-0.2, 0) is 6.54 Å². The number of amides is 1. The predicted octanol–water partition coefficient (Wildman–Crippen LogP) is 4.31. The molecule has 0 N–H and O–H groups in total. The summed E-state index contributed by atoms with van der Waals surface area (Å²) in [7, 11) is 0. The van der Waals surface area contributed by atoms with E-state index in [1.807, 2.05) is 47.4 Å². The molecule has 1 aliphatic heterocycles. The quantitative estimate of drug-likeness (QED) is 0.513. The molecule has 1 aromatic heterocycles. The molecule has 0 saturated carbocycles. The van der Waals surface area contributed by atoms with Crippen molar-refractivity contribution >= 4 is 23.0 Å². The maximum atomic E-state index is 13.5. The third kappa shape index (κ3) is 3.30. The SMILES string of the molecule is O=C1c2ccccc2-c2c1cccc2C(=O)N1CCCN(Cc2ccsc2)CC1. The summed E-state index contributed by atoms with van der Waals surface area (Å²) in [6, 6.07) is 15.3. The normalized spacial score (nSPS) is 16.4. The first kappa shape index (κ1) is 18.3. The summed E-state index contributed by atoms with van der Waals surface area (Å²) in [5.74, 6) is 0.0480. The van der Waals surface area contributed by atoms with Gasteiger partial charge in [-0.25, -0.2) is 0 Å². The van der Waals surface area contributed by atoms with Crippen LogP contribution in [0.5, 0.6) is 0 Å². The van der Waals surface area contributed by atoms with E-state index in [1.54, 1.807) is 11.3 Å². The Balaban J connectivity index is 1.39. The zero-order valence-electron chi connectivity index (χ0n) is 16.1. The zero-order chi connectivity index (χ0) is 19.8. The zero-order valence-corrected chi connectivity index (χ0v) is 17.0. The van der Waals surface area contributed by atoms with Gasteiger partial charge in [0.2, 0.25) is 0 Å². The van der Waals surface area contributed by atoms with E-state index in [1.165, 1.54) is 5.56 Å². The lowest BCUT2D eigenvalue weighted by molar-refractivity contribution is 0.0762. The number of rotatable bonds is 3. The minimum Gasteiger partial charge on any atom is -0.337 e.